The van der Waals surface area contributed by atoms with E-state index in [0.29, 0.717) is 11.8 Å². The molecule has 2 aromatic carbocycles. The average Bonchev–Trinajstić information content (AvgIpc) is 3.42. The van der Waals surface area contributed by atoms with E-state index in [-0.39, 0.29) is 24.2 Å². The van der Waals surface area contributed by atoms with Gasteiger partial charge in [-0.05, 0) is 36.2 Å². The van der Waals surface area contributed by atoms with Crippen LogP contribution in [0.15, 0.2) is 71.7 Å². The molecular formula is C25H29N5O3. The Bertz CT molecular complexity index is 1270. The number of aliphatic hydroxyl groups excluding tert-OH is 1. The number of aromatic amines is 1. The highest BCUT2D eigenvalue weighted by Gasteiger charge is 2.17. The van der Waals surface area contributed by atoms with Crippen LogP contribution in [0.5, 0.6) is 0 Å². The Morgan fingerprint density at radius 2 is 1.97 bits per heavy atom. The monoisotopic (exact) mass is 447 g/mol. The van der Waals surface area contributed by atoms with Crippen LogP contribution >= 0.6 is 0 Å². The molecule has 4 aromatic rings. The minimum absolute atomic E-state index is 0.0613. The van der Waals surface area contributed by atoms with E-state index in [2.05, 4.69) is 34.5 Å². The molecule has 0 amide bonds. The molecule has 4 rings (SSSR count). The Balaban J connectivity index is 1.40. The van der Waals surface area contributed by atoms with Crippen LogP contribution in [0.1, 0.15) is 30.7 Å². The first-order valence-corrected chi connectivity index (χ1v) is 11.1. The quantitative estimate of drug-likeness (QED) is 0.363. The predicted molar refractivity (Wildman–Crippen MR) is 127 cm³/mol. The third-order valence-corrected chi connectivity index (χ3v) is 5.72. The summed E-state index contributed by atoms with van der Waals surface area (Å²) in [5.41, 5.74) is 3.38. The first-order valence-electron chi connectivity index (χ1n) is 11.1. The van der Waals surface area contributed by atoms with E-state index in [0.717, 1.165) is 35.4 Å². The number of fused-ring (bicyclic) bond motifs is 1. The summed E-state index contributed by atoms with van der Waals surface area (Å²) >= 11 is 0. The molecule has 2 N–H and O–H groups in total. The van der Waals surface area contributed by atoms with Crippen LogP contribution in [0.3, 0.4) is 0 Å². The molecule has 0 bridgehead atoms. The molecule has 2 atom stereocenters. The van der Waals surface area contributed by atoms with Gasteiger partial charge in [0.2, 0.25) is 0 Å². The van der Waals surface area contributed by atoms with E-state index < -0.39 is 0 Å². The third-order valence-electron chi connectivity index (χ3n) is 5.72. The first-order chi connectivity index (χ1) is 16.1. The molecule has 172 valence electrons. The lowest BCUT2D eigenvalue weighted by atomic mass is 9.96. The number of hydrogen-bond donors (Lipinski definition) is 2. The molecule has 0 spiro atoms. The van der Waals surface area contributed by atoms with Gasteiger partial charge in [0.1, 0.15) is 0 Å². The highest BCUT2D eigenvalue weighted by atomic mass is 16.5. The molecule has 0 radical (unpaired) electrons. The molecule has 0 saturated heterocycles. The number of aryl methyl sites for hydroxylation is 1. The maximum absolute atomic E-state index is 12.7. The van der Waals surface area contributed by atoms with Crippen LogP contribution in [0.25, 0.3) is 16.6 Å². The minimum Gasteiger partial charge on any atom is -0.396 e. The highest BCUT2D eigenvalue weighted by molar-refractivity contribution is 5.78. The van der Waals surface area contributed by atoms with Crippen LogP contribution in [0.4, 0.5) is 0 Å². The van der Waals surface area contributed by atoms with Gasteiger partial charge in [0, 0.05) is 38.8 Å². The van der Waals surface area contributed by atoms with E-state index in [9.17, 15) is 4.79 Å². The Labute approximate surface area is 192 Å². The fourth-order valence-electron chi connectivity index (χ4n) is 4.00. The van der Waals surface area contributed by atoms with Crippen molar-refractivity contribution in [2.24, 2.45) is 5.92 Å². The number of rotatable bonds is 10. The molecule has 8 heteroatoms. The number of aliphatic hydroxyl groups is 1. The first kappa shape index (κ1) is 22.7. The van der Waals surface area contributed by atoms with Gasteiger partial charge in [0.15, 0.2) is 0 Å². The lowest BCUT2D eigenvalue weighted by Crippen LogP contribution is -2.15. The molecular weight excluding hydrogens is 418 g/mol. The average molecular weight is 448 g/mol. The van der Waals surface area contributed by atoms with Crippen LogP contribution in [-0.2, 0) is 17.7 Å². The standard InChI is InChI=1S/C25H29N5O3/c1-18(7-5-6-15-29-17-20(14-16-31)26-28-29)24(33-2)19-10-12-21(13-11-19)30-25(32)22-8-3-4-9-23(22)27-30/h3-5,7-13,17-18,24,27,31H,6,14-16H2,1-2H3/b7-5+/t18-,24+/m1/s1. The predicted octanol–water partition coefficient (Wildman–Crippen LogP) is 3.42. The Hall–Kier alpha value is -3.49. The number of aromatic nitrogens is 5. The number of nitrogens with zero attached hydrogens (tertiary/aromatic N) is 4. The summed E-state index contributed by atoms with van der Waals surface area (Å²) in [6.45, 7) is 2.93. The molecule has 0 fully saturated rings. The zero-order valence-corrected chi connectivity index (χ0v) is 18.9. The molecule has 0 saturated carbocycles. The lowest BCUT2D eigenvalue weighted by Gasteiger charge is -2.21. The third kappa shape index (κ3) is 5.13. The smallest absolute Gasteiger partial charge is 0.279 e. The fraction of sp³-hybridized carbons (Fsp3) is 0.320. The summed E-state index contributed by atoms with van der Waals surface area (Å²) in [5, 5.41) is 20.9. The fourth-order valence-corrected chi connectivity index (χ4v) is 4.00. The van der Waals surface area contributed by atoms with Crippen molar-refractivity contribution in [2.45, 2.75) is 32.4 Å². The summed E-state index contributed by atoms with van der Waals surface area (Å²) in [6.07, 6.45) is 7.39. The van der Waals surface area contributed by atoms with Gasteiger partial charge in [-0.1, -0.05) is 48.6 Å². The molecule has 33 heavy (non-hydrogen) atoms. The number of methoxy groups -OCH3 is 1. The topological polar surface area (TPSA) is 98.0 Å². The van der Waals surface area contributed by atoms with Crippen molar-refractivity contribution in [2.75, 3.05) is 13.7 Å². The summed E-state index contributed by atoms with van der Waals surface area (Å²) in [5.74, 6) is 0.164. The van der Waals surface area contributed by atoms with Gasteiger partial charge in [0.05, 0.1) is 28.4 Å². The zero-order chi connectivity index (χ0) is 23.2. The highest BCUT2D eigenvalue weighted by Crippen LogP contribution is 2.27. The largest absolute Gasteiger partial charge is 0.396 e. The Morgan fingerprint density at radius 1 is 1.18 bits per heavy atom. The van der Waals surface area contributed by atoms with Gasteiger partial charge in [-0.15, -0.1) is 5.10 Å². The van der Waals surface area contributed by atoms with Gasteiger partial charge in [-0.3, -0.25) is 14.6 Å². The van der Waals surface area contributed by atoms with Crippen molar-refractivity contribution in [3.8, 4) is 5.69 Å². The van der Waals surface area contributed by atoms with Gasteiger partial charge in [-0.2, -0.15) is 0 Å². The van der Waals surface area contributed by atoms with Gasteiger partial charge in [-0.25, -0.2) is 4.68 Å². The van der Waals surface area contributed by atoms with E-state index >= 15 is 0 Å². The van der Waals surface area contributed by atoms with E-state index in [1.165, 1.54) is 0 Å². The van der Waals surface area contributed by atoms with Gasteiger partial charge >= 0.3 is 0 Å². The second kappa shape index (κ2) is 10.4. The van der Waals surface area contributed by atoms with E-state index in [1.807, 2.05) is 54.7 Å². The second-order valence-electron chi connectivity index (χ2n) is 8.07. The van der Waals surface area contributed by atoms with Crippen molar-refractivity contribution >= 4 is 10.9 Å². The van der Waals surface area contributed by atoms with Crippen LogP contribution in [0.2, 0.25) is 0 Å². The number of para-hydroxylation sites is 1. The number of H-pyrrole nitrogens is 1. The van der Waals surface area contributed by atoms with Crippen molar-refractivity contribution in [1.29, 1.82) is 0 Å². The molecule has 0 aliphatic heterocycles. The van der Waals surface area contributed by atoms with Gasteiger partial charge < -0.3 is 9.84 Å². The summed E-state index contributed by atoms with van der Waals surface area (Å²) < 4.78 is 9.14. The molecule has 2 heterocycles. The second-order valence-corrected chi connectivity index (χ2v) is 8.07. The normalized spacial score (nSPS) is 13.7. The number of hydrogen-bond acceptors (Lipinski definition) is 5. The SMILES string of the molecule is CO[C@H](c1ccc(-n2[nH]c3ccccc3c2=O)cc1)[C@H](C)/C=C/CCn1cc(CCO)nn1. The molecule has 0 aliphatic rings. The minimum atomic E-state index is -0.0998. The Morgan fingerprint density at radius 3 is 2.70 bits per heavy atom. The zero-order valence-electron chi connectivity index (χ0n) is 18.9. The lowest BCUT2D eigenvalue weighted by molar-refractivity contribution is 0.0740. The van der Waals surface area contributed by atoms with Crippen molar-refractivity contribution in [3.05, 3.63) is 88.5 Å². The number of nitrogens with one attached hydrogen (secondary N) is 1. The number of benzene rings is 2. The number of ether oxygens (including phenoxy) is 1. The van der Waals surface area contributed by atoms with Gasteiger partial charge in [0.25, 0.3) is 5.56 Å². The van der Waals surface area contributed by atoms with Crippen molar-refractivity contribution in [1.82, 2.24) is 24.8 Å². The molecule has 2 aromatic heterocycles. The molecule has 8 nitrogen and oxygen atoms in total. The summed E-state index contributed by atoms with van der Waals surface area (Å²) in [7, 11) is 1.71. The maximum atomic E-state index is 12.7. The molecule has 0 aliphatic carbocycles. The summed E-state index contributed by atoms with van der Waals surface area (Å²) in [4.78, 5) is 12.7. The van der Waals surface area contributed by atoms with E-state index in [1.54, 1.807) is 16.5 Å². The maximum Gasteiger partial charge on any atom is 0.279 e. The van der Waals surface area contributed by atoms with Crippen LogP contribution in [-0.4, -0.2) is 43.6 Å². The van der Waals surface area contributed by atoms with Crippen LogP contribution in [0, 0.1) is 5.92 Å². The van der Waals surface area contributed by atoms with Crippen LogP contribution < -0.4 is 5.56 Å². The summed E-state index contributed by atoms with van der Waals surface area (Å²) in [6, 6.07) is 15.4. The number of allylic oxidation sites excluding steroid dienone is 1. The molecule has 0 unspecified atom stereocenters. The van der Waals surface area contributed by atoms with Crippen molar-refractivity contribution in [3.63, 3.8) is 0 Å². The Kier molecular flexibility index (Phi) is 7.16. The van der Waals surface area contributed by atoms with Crippen molar-refractivity contribution < 1.29 is 9.84 Å². The van der Waals surface area contributed by atoms with E-state index in [4.69, 9.17) is 9.84 Å².